The first-order valence-corrected chi connectivity index (χ1v) is 4.66. The van der Waals surface area contributed by atoms with E-state index in [1.807, 2.05) is 0 Å². The van der Waals surface area contributed by atoms with Crippen LogP contribution in [0, 0.1) is 0 Å². The van der Waals surface area contributed by atoms with E-state index >= 15 is 0 Å². The van der Waals surface area contributed by atoms with Crippen molar-refractivity contribution in [3.63, 3.8) is 0 Å². The Bertz CT molecular complexity index is 380. The Kier molecular flexibility index (Phi) is 3.89. The van der Waals surface area contributed by atoms with E-state index in [1.54, 1.807) is 0 Å². The monoisotopic (exact) mass is 227 g/mol. The molecular formula is C9H14N4O3. The van der Waals surface area contributed by atoms with E-state index in [-0.39, 0.29) is 12.8 Å². The molecule has 0 saturated heterocycles. The number of nitrogens with zero attached hydrogens (tertiary/aromatic N) is 1. The predicted molar refractivity (Wildman–Crippen MR) is 55.5 cm³/mol. The van der Waals surface area contributed by atoms with Crippen molar-refractivity contribution in [1.29, 1.82) is 0 Å². The molecule has 0 aromatic carbocycles. The van der Waals surface area contributed by atoms with E-state index in [4.69, 9.17) is 12.2 Å². The summed E-state index contributed by atoms with van der Waals surface area (Å²) in [6.07, 6.45) is 2.79. The van der Waals surface area contributed by atoms with Gasteiger partial charge in [0.15, 0.2) is 0 Å². The number of imidazole rings is 1. The number of hydrogen-bond donors (Lipinski definition) is 4. The molecule has 2 atom stereocenters. The summed E-state index contributed by atoms with van der Waals surface area (Å²) in [6.45, 7) is -1.04. The third-order valence-electron chi connectivity index (χ3n) is 1.92. The molecule has 7 nitrogen and oxygen atoms in total. The summed E-state index contributed by atoms with van der Waals surface area (Å²) < 4.78 is 7.01. The maximum atomic E-state index is 11.3. The molecule has 1 rings (SSSR count). The first-order valence-electron chi connectivity index (χ1n) is 5.24. The van der Waals surface area contributed by atoms with Gasteiger partial charge in [0.1, 0.15) is 6.04 Å². The van der Waals surface area contributed by atoms with Gasteiger partial charge in [-0.15, -0.1) is 0 Å². The van der Waals surface area contributed by atoms with Gasteiger partial charge < -0.3 is 21.1 Å². The summed E-state index contributed by atoms with van der Waals surface area (Å²) in [4.78, 5) is 28.7. The van der Waals surface area contributed by atoms with Crippen molar-refractivity contribution in [2.24, 2.45) is 5.73 Å². The molecule has 0 aliphatic heterocycles. The maximum Gasteiger partial charge on any atom is 0.326 e. The van der Waals surface area contributed by atoms with Crippen LogP contribution in [0.5, 0.6) is 0 Å². The van der Waals surface area contributed by atoms with Crippen molar-refractivity contribution >= 4 is 11.9 Å². The lowest BCUT2D eigenvalue weighted by Crippen LogP contribution is -2.42. The van der Waals surface area contributed by atoms with Gasteiger partial charge in [-0.2, -0.15) is 0 Å². The standard InChI is InChI=1S/C9H14N4O3/c10-2-1-8(14)13-7(9(15)16)3-6-4-11-5-12-6/h4-5,7H,1-3,10H2,(H,11,12)(H,13,14)(H,15,16)/t7-/m0/s1/i2D/t2?,7-. The van der Waals surface area contributed by atoms with Crippen LogP contribution in [-0.2, 0) is 16.0 Å². The van der Waals surface area contributed by atoms with Gasteiger partial charge in [-0.1, -0.05) is 0 Å². The second-order valence-electron chi connectivity index (χ2n) is 3.18. The number of carbonyl (C=O) groups excluding carboxylic acids is 1. The molecule has 1 aromatic heterocycles. The molecule has 7 heteroatoms. The average Bonchev–Trinajstić information content (AvgIpc) is 2.67. The van der Waals surface area contributed by atoms with E-state index in [9.17, 15) is 9.59 Å². The molecule has 88 valence electrons. The zero-order chi connectivity index (χ0) is 12.8. The molecular weight excluding hydrogens is 212 g/mol. The summed E-state index contributed by atoms with van der Waals surface area (Å²) >= 11 is 0. The van der Waals surface area contributed by atoms with Gasteiger partial charge in [0, 0.05) is 32.6 Å². The van der Waals surface area contributed by atoms with E-state index in [0.717, 1.165) is 0 Å². The second-order valence-corrected chi connectivity index (χ2v) is 3.18. The Morgan fingerprint density at radius 3 is 3.00 bits per heavy atom. The largest absolute Gasteiger partial charge is 0.480 e. The average molecular weight is 227 g/mol. The normalized spacial score (nSPS) is 14.9. The number of H-pyrrole nitrogens is 1. The number of carboxylic acid groups (broad SMARTS) is 1. The molecule has 0 spiro atoms. The van der Waals surface area contributed by atoms with Gasteiger partial charge in [-0.25, -0.2) is 9.78 Å². The van der Waals surface area contributed by atoms with Crippen LogP contribution in [0.25, 0.3) is 0 Å². The van der Waals surface area contributed by atoms with Crippen LogP contribution < -0.4 is 11.1 Å². The molecule has 0 aliphatic rings. The molecule has 16 heavy (non-hydrogen) atoms. The quantitative estimate of drug-likeness (QED) is 0.490. The van der Waals surface area contributed by atoms with Crippen molar-refractivity contribution in [3.8, 4) is 0 Å². The summed E-state index contributed by atoms with van der Waals surface area (Å²) in [7, 11) is 0. The fraction of sp³-hybridized carbons (Fsp3) is 0.444. The van der Waals surface area contributed by atoms with Crippen LogP contribution in [0.4, 0.5) is 0 Å². The van der Waals surface area contributed by atoms with Gasteiger partial charge in [0.25, 0.3) is 0 Å². The van der Waals surface area contributed by atoms with Crippen molar-refractivity contribution in [2.45, 2.75) is 18.9 Å². The summed E-state index contributed by atoms with van der Waals surface area (Å²) in [5.41, 5.74) is 5.73. The molecule has 1 amide bonds. The molecule has 0 aliphatic carbocycles. The Hall–Kier alpha value is -1.89. The molecule has 0 saturated carbocycles. The number of nitrogens with two attached hydrogens (primary N) is 1. The van der Waals surface area contributed by atoms with Crippen LogP contribution in [0.2, 0.25) is 0 Å². The number of aliphatic carboxylic acids is 1. The Morgan fingerprint density at radius 2 is 2.50 bits per heavy atom. The molecule has 0 fully saturated rings. The zero-order valence-electron chi connectivity index (χ0n) is 9.51. The maximum absolute atomic E-state index is 11.3. The highest BCUT2D eigenvalue weighted by Gasteiger charge is 2.20. The van der Waals surface area contributed by atoms with Crippen LogP contribution in [0.3, 0.4) is 0 Å². The third kappa shape index (κ3) is 3.70. The molecule has 1 aromatic rings. The number of rotatable bonds is 6. The van der Waals surface area contributed by atoms with Crippen LogP contribution in [0.1, 0.15) is 13.5 Å². The number of carbonyl (C=O) groups is 2. The van der Waals surface area contributed by atoms with Gasteiger partial charge in [0.2, 0.25) is 5.91 Å². The zero-order valence-corrected chi connectivity index (χ0v) is 8.51. The highest BCUT2D eigenvalue weighted by atomic mass is 16.4. The van der Waals surface area contributed by atoms with Gasteiger partial charge in [0.05, 0.1) is 6.33 Å². The van der Waals surface area contributed by atoms with Crippen LogP contribution in [-0.4, -0.2) is 39.5 Å². The molecule has 1 heterocycles. The number of nitrogens with one attached hydrogen (secondary N) is 2. The highest BCUT2D eigenvalue weighted by molar-refractivity contribution is 5.83. The smallest absolute Gasteiger partial charge is 0.326 e. The van der Waals surface area contributed by atoms with Gasteiger partial charge >= 0.3 is 5.97 Å². The van der Waals surface area contributed by atoms with Crippen molar-refractivity contribution < 1.29 is 16.1 Å². The minimum Gasteiger partial charge on any atom is -0.480 e. The first-order chi connectivity index (χ1) is 7.99. The number of amides is 1. The lowest BCUT2D eigenvalue weighted by Gasteiger charge is -2.13. The van der Waals surface area contributed by atoms with Crippen molar-refractivity contribution in [3.05, 3.63) is 18.2 Å². The Morgan fingerprint density at radius 1 is 1.75 bits per heavy atom. The fourth-order valence-corrected chi connectivity index (χ4v) is 1.18. The van der Waals surface area contributed by atoms with Gasteiger partial charge in [-0.05, 0) is 0 Å². The lowest BCUT2D eigenvalue weighted by molar-refractivity contribution is -0.141. The number of aromatic nitrogens is 2. The molecule has 0 radical (unpaired) electrons. The number of carboxylic acids is 1. The SMILES string of the molecule is [2H]C(N)CC(=O)N[C@@H](Cc1cnc[nH]1)C(=O)O. The number of aromatic amines is 1. The topological polar surface area (TPSA) is 121 Å². The predicted octanol–water partition coefficient (Wildman–Crippen LogP) is -1.13. The van der Waals surface area contributed by atoms with E-state index in [0.29, 0.717) is 5.69 Å². The minimum atomic E-state index is -1.15. The number of hydrogen-bond acceptors (Lipinski definition) is 4. The highest BCUT2D eigenvalue weighted by Crippen LogP contribution is 1.99. The summed E-state index contributed by atoms with van der Waals surface area (Å²) in [5.74, 6) is -1.70. The summed E-state index contributed by atoms with van der Waals surface area (Å²) in [6, 6.07) is -1.05. The minimum absolute atomic E-state index is 0.105. The lowest BCUT2D eigenvalue weighted by atomic mass is 10.1. The molecule has 5 N–H and O–H groups in total. The fourth-order valence-electron chi connectivity index (χ4n) is 1.18. The molecule has 0 bridgehead atoms. The van der Waals surface area contributed by atoms with E-state index < -0.39 is 24.4 Å². The van der Waals surface area contributed by atoms with Crippen molar-refractivity contribution in [1.82, 2.24) is 15.3 Å². The van der Waals surface area contributed by atoms with Crippen LogP contribution in [0.15, 0.2) is 12.5 Å². The third-order valence-corrected chi connectivity index (χ3v) is 1.92. The van der Waals surface area contributed by atoms with E-state index in [1.165, 1.54) is 12.5 Å². The first kappa shape index (κ1) is 10.6. The molecule has 1 unspecified atom stereocenters. The Labute approximate surface area is 93.5 Å². The van der Waals surface area contributed by atoms with Crippen molar-refractivity contribution in [2.75, 3.05) is 6.52 Å². The second kappa shape index (κ2) is 5.86. The Balaban J connectivity index is 2.55. The van der Waals surface area contributed by atoms with Gasteiger partial charge in [-0.3, -0.25) is 4.79 Å². The van der Waals surface area contributed by atoms with E-state index in [2.05, 4.69) is 15.3 Å². The summed E-state index contributed by atoms with van der Waals surface area (Å²) in [5, 5.41) is 11.2. The van der Waals surface area contributed by atoms with Crippen LogP contribution >= 0.6 is 0 Å².